The molecular weight excluding hydrogens is 797 g/mol. The van der Waals surface area contributed by atoms with Crippen LogP contribution in [0.1, 0.15) is 205 Å². The highest BCUT2D eigenvalue weighted by Gasteiger charge is 2.45. The highest BCUT2D eigenvalue weighted by Crippen LogP contribution is 2.48. The number of nitrogens with zero attached hydrogens (tertiary/aromatic N) is 2. The third-order valence-corrected chi connectivity index (χ3v) is 14.4. The molecule has 0 fully saturated rings. The Kier molecular flexibility index (Phi) is 16.1. The summed E-state index contributed by atoms with van der Waals surface area (Å²) in [6.07, 6.45) is 17.9. The fraction of sp³-hybridized carbons (Fsp3) is 0.545. The van der Waals surface area contributed by atoms with Crippen molar-refractivity contribution in [3.05, 3.63) is 93.1 Å². The summed E-state index contributed by atoms with van der Waals surface area (Å²) in [6, 6.07) is 6.15. The van der Waals surface area contributed by atoms with Crippen molar-refractivity contribution in [3.8, 4) is 0 Å². The summed E-state index contributed by atoms with van der Waals surface area (Å²) < 4.78 is 11.1. The second kappa shape index (κ2) is 21.3. The van der Waals surface area contributed by atoms with E-state index in [2.05, 4.69) is 90.1 Å². The molecule has 3 aromatic heterocycles. The molecule has 6 atom stereocenters. The fourth-order valence-electron chi connectivity index (χ4n) is 10.3. The van der Waals surface area contributed by atoms with Crippen LogP contribution >= 0.6 is 0 Å². The maximum absolute atomic E-state index is 14.4. The van der Waals surface area contributed by atoms with Gasteiger partial charge in [0.25, 0.3) is 0 Å². The molecule has 3 aliphatic rings. The zero-order valence-electron chi connectivity index (χ0n) is 40.6. The van der Waals surface area contributed by atoms with Crippen LogP contribution in [0.4, 0.5) is 0 Å². The number of Topliss-reactive ketones (excluding diaryl/α,β-unsaturated/α-hetero) is 1. The van der Waals surface area contributed by atoms with Crippen molar-refractivity contribution in [2.24, 2.45) is 17.8 Å². The second-order valence-electron chi connectivity index (χ2n) is 19.6. The van der Waals surface area contributed by atoms with E-state index in [9.17, 15) is 14.4 Å². The van der Waals surface area contributed by atoms with Gasteiger partial charge in [0.2, 0.25) is 0 Å². The maximum Gasteiger partial charge on any atom is 0.321 e. The van der Waals surface area contributed by atoms with Crippen LogP contribution in [-0.4, -0.2) is 51.4 Å². The Morgan fingerprint density at radius 3 is 2.17 bits per heavy atom. The zero-order valence-corrected chi connectivity index (χ0v) is 40.6. The molecule has 6 rings (SSSR count). The molecule has 1 aliphatic carbocycles. The molecule has 64 heavy (non-hydrogen) atoms. The molecule has 0 saturated carbocycles. The van der Waals surface area contributed by atoms with Crippen molar-refractivity contribution >= 4 is 51.4 Å². The Bertz CT molecular complexity index is 2460. The third-order valence-electron chi connectivity index (χ3n) is 14.4. The standard InChI is InChI=1S/C55H74N4O5/c1-13-39-35(8)42-28-44-37(10)41(24-25-48(60)64-27-26-34(7)23-17-22-33(6)21-16-20-32(5)19-15-18-31(3)4)52(58-44)50-51(55(62)63-12)54(61)49-38(11)45(59-53(49)50)30-47-40(14-2)36(9)43(57-47)29-46(39)56-42/h13-14,26,28-33,36-37,41,51,56,59H,1,15-25,27H2,2-12H3/b34-26+,40-14+,42-28?,43-29?,44-28?,45-30?,46-29?,47-30?,52-50?/t32-,33-,36-,37+,41+,51-/m1/s1. The topological polar surface area (TPSA) is 127 Å². The smallest absolute Gasteiger partial charge is 0.321 e. The van der Waals surface area contributed by atoms with Crippen molar-refractivity contribution in [3.63, 3.8) is 0 Å². The van der Waals surface area contributed by atoms with E-state index in [1.165, 1.54) is 57.6 Å². The monoisotopic (exact) mass is 871 g/mol. The number of carbonyl (C=O) groups excluding carboxylic acids is 3. The van der Waals surface area contributed by atoms with E-state index in [1.807, 2.05) is 32.1 Å². The molecule has 9 heteroatoms. The van der Waals surface area contributed by atoms with Gasteiger partial charge in [-0.05, 0) is 106 Å². The Morgan fingerprint density at radius 1 is 0.859 bits per heavy atom. The second-order valence-corrected chi connectivity index (χ2v) is 19.6. The van der Waals surface area contributed by atoms with Crippen LogP contribution in [0.15, 0.2) is 42.5 Å². The molecule has 0 amide bonds. The third kappa shape index (κ3) is 10.6. The van der Waals surface area contributed by atoms with Crippen molar-refractivity contribution in [1.29, 1.82) is 0 Å². The number of esters is 2. The molecule has 2 N–H and O–H groups in total. The van der Waals surface area contributed by atoms with Crippen LogP contribution in [0.25, 0.3) is 33.7 Å². The summed E-state index contributed by atoms with van der Waals surface area (Å²) >= 11 is 0. The van der Waals surface area contributed by atoms with Crippen molar-refractivity contribution in [2.45, 2.75) is 164 Å². The summed E-state index contributed by atoms with van der Waals surface area (Å²) in [7, 11) is 1.31. The number of ether oxygens (including phenoxy) is 2. The van der Waals surface area contributed by atoms with Crippen LogP contribution < -0.4 is 0 Å². The molecule has 0 unspecified atom stereocenters. The average Bonchev–Trinajstić information content (AvgIpc) is 3.99. The Balaban J connectivity index is 1.23. The van der Waals surface area contributed by atoms with Crippen LogP contribution in [0.2, 0.25) is 0 Å². The van der Waals surface area contributed by atoms with E-state index >= 15 is 0 Å². The predicted molar refractivity (Wildman–Crippen MR) is 262 cm³/mol. The van der Waals surface area contributed by atoms with E-state index in [0.29, 0.717) is 34.7 Å². The molecule has 2 aliphatic heterocycles. The zero-order chi connectivity index (χ0) is 46.4. The molecule has 0 spiro atoms. The van der Waals surface area contributed by atoms with Gasteiger partial charge in [0.15, 0.2) is 5.78 Å². The Morgan fingerprint density at radius 2 is 1.52 bits per heavy atom. The molecular formula is C55H74N4O5. The number of aryl methyl sites for hydroxylation is 2. The van der Waals surface area contributed by atoms with Gasteiger partial charge in [-0.15, -0.1) is 0 Å². The summed E-state index contributed by atoms with van der Waals surface area (Å²) in [5, 5.41) is 0. The maximum atomic E-state index is 14.4. The SMILES string of the molecule is C=Cc1c(C)c2cc3nc(c4c5[nH]c(cc6nc(cc1[nH]2)[C@H](C)/C6=C\C)c(C)c5C(=O)[C@@H]4C(=O)OC)[C@@H](CCC(=O)OC/C=C(\C)CCC[C@H](C)CCC[C@H](C)CCCC(C)C)[C@@H]3C. The first-order valence-electron chi connectivity index (χ1n) is 24.1. The molecule has 5 heterocycles. The minimum absolute atomic E-state index is 0.0374. The van der Waals surface area contributed by atoms with E-state index < -0.39 is 11.9 Å². The quantitative estimate of drug-likeness (QED) is 0.0697. The van der Waals surface area contributed by atoms with Crippen LogP contribution in [0.3, 0.4) is 0 Å². The molecule has 0 aromatic carbocycles. The van der Waals surface area contributed by atoms with Gasteiger partial charge in [-0.25, -0.2) is 0 Å². The number of carbonyl (C=O) groups is 3. The molecule has 3 aromatic rings. The highest BCUT2D eigenvalue weighted by atomic mass is 16.5. The number of rotatable bonds is 19. The van der Waals surface area contributed by atoms with E-state index in [1.54, 1.807) is 0 Å². The van der Waals surface area contributed by atoms with Crippen LogP contribution in [0, 0.1) is 31.6 Å². The van der Waals surface area contributed by atoms with Crippen molar-refractivity contribution in [1.82, 2.24) is 19.9 Å². The first-order chi connectivity index (χ1) is 30.6. The number of ketones is 1. The van der Waals surface area contributed by atoms with E-state index in [0.717, 1.165) is 80.6 Å². The summed E-state index contributed by atoms with van der Waals surface area (Å²) in [4.78, 5) is 59.0. The summed E-state index contributed by atoms with van der Waals surface area (Å²) in [5.41, 5.74) is 12.3. The Labute approximate surface area is 382 Å². The number of hydrogen-bond donors (Lipinski definition) is 2. The Hall–Kier alpha value is -5.05. The number of H-pyrrole nitrogens is 2. The number of fused-ring (bicyclic) bond motifs is 8. The minimum atomic E-state index is -1.18. The molecule has 344 valence electrons. The lowest BCUT2D eigenvalue weighted by Gasteiger charge is -2.18. The fourth-order valence-corrected chi connectivity index (χ4v) is 10.3. The number of allylic oxidation sites excluding steroid dienone is 3. The number of aromatic amines is 2. The van der Waals surface area contributed by atoms with Gasteiger partial charge in [0, 0.05) is 63.1 Å². The summed E-state index contributed by atoms with van der Waals surface area (Å²) in [5.74, 6) is -0.491. The van der Waals surface area contributed by atoms with Crippen molar-refractivity contribution in [2.75, 3.05) is 13.7 Å². The lowest BCUT2D eigenvalue weighted by atomic mass is 9.84. The van der Waals surface area contributed by atoms with Gasteiger partial charge < -0.3 is 19.4 Å². The predicted octanol–water partition coefficient (Wildman–Crippen LogP) is 13.8. The van der Waals surface area contributed by atoms with Gasteiger partial charge in [-0.1, -0.05) is 111 Å². The summed E-state index contributed by atoms with van der Waals surface area (Å²) in [6.45, 7) is 26.1. The number of methoxy groups -OCH3 is 1. The van der Waals surface area contributed by atoms with Gasteiger partial charge in [0.05, 0.1) is 29.7 Å². The number of nitrogens with one attached hydrogen (secondary N) is 2. The lowest BCUT2D eigenvalue weighted by Crippen LogP contribution is -2.21. The molecule has 0 saturated heterocycles. The normalized spacial score (nSPS) is 20.0. The van der Waals surface area contributed by atoms with E-state index in [-0.39, 0.29) is 42.5 Å². The molecule has 8 bridgehead atoms. The number of hydrogen-bond acceptors (Lipinski definition) is 7. The van der Waals surface area contributed by atoms with Gasteiger partial charge in [-0.2, -0.15) is 0 Å². The van der Waals surface area contributed by atoms with Crippen LogP contribution in [-0.2, 0) is 19.1 Å². The van der Waals surface area contributed by atoms with Crippen LogP contribution in [0.5, 0.6) is 0 Å². The molecule has 0 radical (unpaired) electrons. The largest absolute Gasteiger partial charge is 0.468 e. The first-order valence-corrected chi connectivity index (χ1v) is 24.1. The minimum Gasteiger partial charge on any atom is -0.468 e. The highest BCUT2D eigenvalue weighted by molar-refractivity contribution is 6.23. The van der Waals surface area contributed by atoms with E-state index in [4.69, 9.17) is 19.4 Å². The lowest BCUT2D eigenvalue weighted by molar-refractivity contribution is -0.143. The van der Waals surface area contributed by atoms with Gasteiger partial charge in [0.1, 0.15) is 12.5 Å². The van der Waals surface area contributed by atoms with Gasteiger partial charge >= 0.3 is 11.9 Å². The van der Waals surface area contributed by atoms with Crippen molar-refractivity contribution < 1.29 is 23.9 Å². The average molecular weight is 871 g/mol. The van der Waals surface area contributed by atoms with Gasteiger partial charge in [-0.3, -0.25) is 24.4 Å². The number of aromatic nitrogens is 4. The molecule has 9 nitrogen and oxygen atoms in total. The first kappa shape index (κ1) is 48.4.